The van der Waals surface area contributed by atoms with Crippen LogP contribution in [0.5, 0.6) is 0 Å². The van der Waals surface area contributed by atoms with Gasteiger partial charge in [-0.15, -0.1) is 0 Å². The zero-order chi connectivity index (χ0) is 9.47. The van der Waals surface area contributed by atoms with Gasteiger partial charge >= 0.3 is 0 Å². The molecule has 0 heterocycles. The fraction of sp³-hybridized carbons (Fsp3) is 1.00. The number of hydrogen-bond acceptors (Lipinski definition) is 1. The van der Waals surface area contributed by atoms with E-state index in [1.165, 1.54) is 32.1 Å². The highest BCUT2D eigenvalue weighted by atomic mass is 15.0. The van der Waals surface area contributed by atoms with Crippen molar-refractivity contribution in [1.29, 1.82) is 0 Å². The molecular weight excluding hydrogens is 158 g/mol. The Balaban J connectivity index is 1.82. The molecule has 0 spiro atoms. The second-order valence-corrected chi connectivity index (χ2v) is 5.61. The predicted molar refractivity (Wildman–Crippen MR) is 56.7 cm³/mol. The van der Waals surface area contributed by atoms with Gasteiger partial charge in [0.2, 0.25) is 0 Å². The summed E-state index contributed by atoms with van der Waals surface area (Å²) >= 11 is 0. The summed E-state index contributed by atoms with van der Waals surface area (Å²) in [4.78, 5) is 0. The van der Waals surface area contributed by atoms with Gasteiger partial charge in [0.25, 0.3) is 0 Å². The van der Waals surface area contributed by atoms with Crippen LogP contribution in [-0.2, 0) is 0 Å². The van der Waals surface area contributed by atoms with E-state index in [1.807, 2.05) is 0 Å². The lowest BCUT2D eigenvalue weighted by atomic mass is 9.87. The average molecular weight is 181 g/mol. The fourth-order valence-electron chi connectivity index (χ4n) is 2.80. The second-order valence-electron chi connectivity index (χ2n) is 5.61. The largest absolute Gasteiger partial charge is 0.310 e. The summed E-state index contributed by atoms with van der Waals surface area (Å²) in [6.07, 6.45) is 7.04. The van der Waals surface area contributed by atoms with Crippen LogP contribution in [0.4, 0.5) is 0 Å². The van der Waals surface area contributed by atoms with Gasteiger partial charge in [-0.3, -0.25) is 0 Å². The summed E-state index contributed by atoms with van der Waals surface area (Å²) < 4.78 is 0. The maximum absolute atomic E-state index is 3.84. The molecule has 0 bridgehead atoms. The van der Waals surface area contributed by atoms with Gasteiger partial charge in [-0.25, -0.2) is 0 Å². The standard InChI is InChI=1S/C12H23N/c1-4-9-8-10(9)13-11-6-5-7-12(11,2)3/h9-11,13H,4-8H2,1-3H3. The molecule has 13 heavy (non-hydrogen) atoms. The van der Waals surface area contributed by atoms with Gasteiger partial charge in [0.15, 0.2) is 0 Å². The Morgan fingerprint density at radius 1 is 1.38 bits per heavy atom. The molecule has 1 N–H and O–H groups in total. The van der Waals surface area contributed by atoms with E-state index in [9.17, 15) is 0 Å². The molecule has 2 aliphatic carbocycles. The molecule has 0 saturated heterocycles. The molecule has 0 aromatic rings. The molecule has 0 amide bonds. The average Bonchev–Trinajstić information content (AvgIpc) is 2.73. The van der Waals surface area contributed by atoms with Crippen molar-refractivity contribution in [2.75, 3.05) is 0 Å². The first-order chi connectivity index (χ1) is 6.13. The molecule has 2 rings (SSSR count). The van der Waals surface area contributed by atoms with Gasteiger partial charge in [-0.1, -0.05) is 33.6 Å². The minimum absolute atomic E-state index is 0.556. The smallest absolute Gasteiger partial charge is 0.0121 e. The summed E-state index contributed by atoms with van der Waals surface area (Å²) in [5, 5.41) is 3.84. The summed E-state index contributed by atoms with van der Waals surface area (Å²) in [5.74, 6) is 0.997. The van der Waals surface area contributed by atoms with Gasteiger partial charge in [0.1, 0.15) is 0 Å². The first kappa shape index (κ1) is 9.51. The first-order valence-electron chi connectivity index (χ1n) is 5.89. The number of nitrogens with one attached hydrogen (secondary N) is 1. The maximum Gasteiger partial charge on any atom is 0.0121 e. The summed E-state index contributed by atoms with van der Waals surface area (Å²) in [6, 6.07) is 1.67. The highest BCUT2D eigenvalue weighted by molar-refractivity contribution is 4.99. The minimum atomic E-state index is 0.556. The molecule has 3 unspecified atom stereocenters. The molecule has 0 aromatic carbocycles. The van der Waals surface area contributed by atoms with Crippen LogP contribution < -0.4 is 5.32 Å². The van der Waals surface area contributed by atoms with Gasteiger partial charge in [-0.2, -0.15) is 0 Å². The Labute approximate surface area is 82.3 Å². The van der Waals surface area contributed by atoms with Crippen molar-refractivity contribution in [1.82, 2.24) is 5.32 Å². The molecule has 0 aliphatic heterocycles. The molecule has 3 atom stereocenters. The second kappa shape index (κ2) is 3.27. The van der Waals surface area contributed by atoms with E-state index < -0.39 is 0 Å². The predicted octanol–water partition coefficient (Wildman–Crippen LogP) is 2.95. The third kappa shape index (κ3) is 1.90. The van der Waals surface area contributed by atoms with Gasteiger partial charge in [0, 0.05) is 12.1 Å². The van der Waals surface area contributed by atoms with Crippen LogP contribution in [0.3, 0.4) is 0 Å². The van der Waals surface area contributed by atoms with Crippen molar-refractivity contribution < 1.29 is 0 Å². The Hall–Kier alpha value is -0.0400. The van der Waals surface area contributed by atoms with Crippen molar-refractivity contribution in [2.45, 2.75) is 65.0 Å². The van der Waals surface area contributed by atoms with Gasteiger partial charge < -0.3 is 5.32 Å². The van der Waals surface area contributed by atoms with Crippen LogP contribution in [0.15, 0.2) is 0 Å². The van der Waals surface area contributed by atoms with Crippen LogP contribution in [0.2, 0.25) is 0 Å². The highest BCUT2D eigenvalue weighted by Crippen LogP contribution is 2.41. The van der Waals surface area contributed by atoms with Crippen molar-refractivity contribution in [3.05, 3.63) is 0 Å². The molecule has 1 heteroatoms. The lowest BCUT2D eigenvalue weighted by Crippen LogP contribution is -2.39. The van der Waals surface area contributed by atoms with E-state index in [2.05, 4.69) is 26.1 Å². The zero-order valence-electron chi connectivity index (χ0n) is 9.27. The van der Waals surface area contributed by atoms with Crippen LogP contribution in [0.25, 0.3) is 0 Å². The minimum Gasteiger partial charge on any atom is -0.310 e. The first-order valence-corrected chi connectivity index (χ1v) is 5.89. The topological polar surface area (TPSA) is 12.0 Å². The highest BCUT2D eigenvalue weighted by Gasteiger charge is 2.41. The van der Waals surface area contributed by atoms with Crippen molar-refractivity contribution >= 4 is 0 Å². The van der Waals surface area contributed by atoms with E-state index in [0.717, 1.165) is 18.0 Å². The molecule has 76 valence electrons. The fourth-order valence-corrected chi connectivity index (χ4v) is 2.80. The van der Waals surface area contributed by atoms with Crippen molar-refractivity contribution in [2.24, 2.45) is 11.3 Å². The molecular formula is C12H23N. The van der Waals surface area contributed by atoms with Crippen LogP contribution in [0, 0.1) is 11.3 Å². The molecule has 2 saturated carbocycles. The SMILES string of the molecule is CCC1CC1NC1CCCC1(C)C. The van der Waals surface area contributed by atoms with Gasteiger partial charge in [-0.05, 0) is 30.6 Å². The van der Waals surface area contributed by atoms with Crippen molar-refractivity contribution in [3.8, 4) is 0 Å². The summed E-state index contributed by atoms with van der Waals surface area (Å²) in [5.41, 5.74) is 0.556. The third-order valence-corrected chi connectivity index (χ3v) is 4.12. The van der Waals surface area contributed by atoms with Crippen LogP contribution in [0.1, 0.15) is 52.9 Å². The number of hydrogen-bond donors (Lipinski definition) is 1. The lowest BCUT2D eigenvalue weighted by molar-refractivity contribution is 0.278. The molecule has 0 aromatic heterocycles. The van der Waals surface area contributed by atoms with Crippen LogP contribution in [-0.4, -0.2) is 12.1 Å². The zero-order valence-corrected chi connectivity index (χ0v) is 9.27. The molecule has 0 radical (unpaired) electrons. The molecule has 2 aliphatic rings. The van der Waals surface area contributed by atoms with Crippen LogP contribution >= 0.6 is 0 Å². The monoisotopic (exact) mass is 181 g/mol. The van der Waals surface area contributed by atoms with Crippen molar-refractivity contribution in [3.63, 3.8) is 0 Å². The van der Waals surface area contributed by atoms with Gasteiger partial charge in [0.05, 0.1) is 0 Å². The van der Waals surface area contributed by atoms with E-state index >= 15 is 0 Å². The number of rotatable bonds is 3. The Kier molecular flexibility index (Phi) is 2.39. The van der Waals surface area contributed by atoms with E-state index in [4.69, 9.17) is 0 Å². The lowest BCUT2D eigenvalue weighted by Gasteiger charge is -2.28. The third-order valence-electron chi connectivity index (χ3n) is 4.12. The van der Waals surface area contributed by atoms with E-state index in [1.54, 1.807) is 0 Å². The Bertz CT molecular complexity index is 186. The Morgan fingerprint density at radius 3 is 2.62 bits per heavy atom. The van der Waals surface area contributed by atoms with E-state index in [-0.39, 0.29) is 0 Å². The quantitative estimate of drug-likeness (QED) is 0.706. The summed E-state index contributed by atoms with van der Waals surface area (Å²) in [6.45, 7) is 7.15. The Morgan fingerprint density at radius 2 is 2.15 bits per heavy atom. The van der Waals surface area contributed by atoms with E-state index in [0.29, 0.717) is 5.41 Å². The summed E-state index contributed by atoms with van der Waals surface area (Å²) in [7, 11) is 0. The normalized spacial score (nSPS) is 42.2. The maximum atomic E-state index is 3.84. The molecule has 2 fully saturated rings. The molecule has 1 nitrogen and oxygen atoms in total.